The number of allylic oxidation sites excluding steroid dienone is 2. The molecule has 0 fully saturated rings. The zero-order valence-electron chi connectivity index (χ0n) is 12.3. The third-order valence-corrected chi connectivity index (χ3v) is 3.81. The van der Waals surface area contributed by atoms with E-state index in [0.29, 0.717) is 12.0 Å². The molecular formula is C18H20N2. The summed E-state index contributed by atoms with van der Waals surface area (Å²) >= 11 is 0. The van der Waals surface area contributed by atoms with Gasteiger partial charge in [0.1, 0.15) is 0 Å². The zero-order valence-corrected chi connectivity index (χ0v) is 12.3. The molecule has 2 nitrogen and oxygen atoms in total. The van der Waals surface area contributed by atoms with Crippen LogP contribution in [0.15, 0.2) is 28.9 Å². The Hall–Kier alpha value is -2.19. The number of anilines is 1. The first-order chi connectivity index (χ1) is 9.69. The molecular weight excluding hydrogens is 244 g/mol. The molecule has 0 aromatic heterocycles. The summed E-state index contributed by atoms with van der Waals surface area (Å²) in [6, 6.07) is 10.3. The van der Waals surface area contributed by atoms with Crippen LogP contribution < -0.4 is 5.32 Å². The van der Waals surface area contributed by atoms with Crippen molar-refractivity contribution in [2.45, 2.75) is 45.6 Å². The molecule has 1 aromatic rings. The lowest BCUT2D eigenvalue weighted by Crippen LogP contribution is -2.23. The van der Waals surface area contributed by atoms with Gasteiger partial charge in [-0.05, 0) is 31.9 Å². The molecule has 1 N–H and O–H groups in total. The summed E-state index contributed by atoms with van der Waals surface area (Å²) in [4.78, 5) is 4.49. The van der Waals surface area contributed by atoms with Crippen molar-refractivity contribution >= 4 is 11.4 Å². The van der Waals surface area contributed by atoms with Gasteiger partial charge in [-0.3, -0.25) is 0 Å². The molecule has 102 valence electrons. The number of nitrogens with zero attached hydrogens (tertiary/aromatic N) is 1. The quantitative estimate of drug-likeness (QED) is 0.646. The van der Waals surface area contributed by atoms with Gasteiger partial charge in [0.25, 0.3) is 0 Å². The molecule has 0 saturated heterocycles. The predicted octanol–water partition coefficient (Wildman–Crippen LogP) is 3.96. The molecule has 1 aromatic carbocycles. The molecule has 0 saturated carbocycles. The van der Waals surface area contributed by atoms with Crippen LogP contribution in [0.25, 0.3) is 0 Å². The lowest BCUT2D eigenvalue weighted by Gasteiger charge is -2.18. The van der Waals surface area contributed by atoms with Gasteiger partial charge in [0, 0.05) is 35.8 Å². The van der Waals surface area contributed by atoms with Crippen molar-refractivity contribution in [1.29, 1.82) is 0 Å². The molecule has 1 aliphatic heterocycles. The highest BCUT2D eigenvalue weighted by molar-refractivity contribution is 6.01. The van der Waals surface area contributed by atoms with Crippen molar-refractivity contribution in [2.24, 2.45) is 4.99 Å². The fourth-order valence-electron chi connectivity index (χ4n) is 2.66. The highest BCUT2D eigenvalue weighted by atomic mass is 15.0. The molecule has 0 amide bonds. The Balaban J connectivity index is 2.19. The van der Waals surface area contributed by atoms with Gasteiger partial charge in [0.2, 0.25) is 0 Å². The highest BCUT2D eigenvalue weighted by Crippen LogP contribution is 2.38. The first-order valence-electron chi connectivity index (χ1n) is 7.04. The normalized spacial score (nSPS) is 21.7. The maximum atomic E-state index is 5.60. The lowest BCUT2D eigenvalue weighted by molar-refractivity contribution is 0.591. The van der Waals surface area contributed by atoms with Gasteiger partial charge in [-0.15, -0.1) is 6.42 Å². The molecule has 2 rings (SSSR count). The fourth-order valence-corrected chi connectivity index (χ4v) is 2.66. The van der Waals surface area contributed by atoms with Crippen LogP contribution in [0.3, 0.4) is 0 Å². The van der Waals surface area contributed by atoms with Gasteiger partial charge in [0.15, 0.2) is 0 Å². The van der Waals surface area contributed by atoms with Crippen molar-refractivity contribution < 1.29 is 0 Å². The molecule has 2 unspecified atom stereocenters. The second-order valence-corrected chi connectivity index (χ2v) is 5.05. The maximum Gasteiger partial charge on any atom is 0.0920 e. The van der Waals surface area contributed by atoms with E-state index in [1.165, 1.54) is 5.56 Å². The largest absolute Gasteiger partial charge is 0.381 e. The average Bonchev–Trinajstić information content (AvgIpc) is 2.83. The van der Waals surface area contributed by atoms with E-state index >= 15 is 0 Å². The van der Waals surface area contributed by atoms with Crippen molar-refractivity contribution in [3.63, 3.8) is 0 Å². The molecule has 1 heterocycles. The minimum atomic E-state index is 0.304. The lowest BCUT2D eigenvalue weighted by atomic mass is 9.90. The molecule has 0 aliphatic carbocycles. The smallest absolute Gasteiger partial charge is 0.0920 e. The van der Waals surface area contributed by atoms with E-state index in [1.54, 1.807) is 0 Å². The van der Waals surface area contributed by atoms with E-state index in [1.807, 2.05) is 32.1 Å². The molecule has 20 heavy (non-hydrogen) atoms. The van der Waals surface area contributed by atoms with Crippen molar-refractivity contribution in [3.8, 4) is 12.3 Å². The number of fused-ring (bicyclic) bond motifs is 1. The monoisotopic (exact) mass is 264 g/mol. The Morgan fingerprint density at radius 2 is 2.25 bits per heavy atom. The summed E-state index contributed by atoms with van der Waals surface area (Å²) in [5, 5.41) is 3.54. The summed E-state index contributed by atoms with van der Waals surface area (Å²) in [6.45, 7) is 6.14. The van der Waals surface area contributed by atoms with Crippen LogP contribution in [0.5, 0.6) is 0 Å². The van der Waals surface area contributed by atoms with Gasteiger partial charge in [-0.2, -0.15) is 0 Å². The summed E-state index contributed by atoms with van der Waals surface area (Å²) in [5.74, 6) is 3.18. The number of rotatable bonds is 4. The number of hydrogen-bond donors (Lipinski definition) is 1. The summed E-state index contributed by atoms with van der Waals surface area (Å²) in [7, 11) is 0. The van der Waals surface area contributed by atoms with Crippen LogP contribution in [0.4, 0.5) is 5.69 Å². The fraction of sp³-hybridized carbons (Fsp3) is 0.389. The molecule has 1 aliphatic rings. The second-order valence-electron chi connectivity index (χ2n) is 5.05. The SMILES string of the molecule is C#C/C(CC1Nc2cc#ccc2C1CC)=N\C(C)=C/C. The second kappa shape index (κ2) is 6.31. The minimum Gasteiger partial charge on any atom is -0.381 e. The van der Waals surface area contributed by atoms with E-state index in [0.717, 1.165) is 29.9 Å². The molecule has 2 atom stereocenters. The third kappa shape index (κ3) is 2.86. The number of nitrogens with one attached hydrogen (secondary N) is 1. The Morgan fingerprint density at radius 1 is 1.50 bits per heavy atom. The average molecular weight is 264 g/mol. The van der Waals surface area contributed by atoms with E-state index < -0.39 is 0 Å². The highest BCUT2D eigenvalue weighted by Gasteiger charge is 2.31. The summed E-state index contributed by atoms with van der Waals surface area (Å²) in [6.07, 6.45) is 9.41. The number of terminal acetylenes is 1. The van der Waals surface area contributed by atoms with Crippen LogP contribution in [0.2, 0.25) is 0 Å². The third-order valence-electron chi connectivity index (χ3n) is 3.81. The minimum absolute atomic E-state index is 0.304. The molecule has 0 spiro atoms. The van der Waals surface area contributed by atoms with Gasteiger partial charge in [-0.1, -0.05) is 31.1 Å². The first kappa shape index (κ1) is 14.2. The van der Waals surface area contributed by atoms with Gasteiger partial charge < -0.3 is 5.32 Å². The maximum absolute atomic E-state index is 5.60. The van der Waals surface area contributed by atoms with E-state index in [-0.39, 0.29) is 0 Å². The van der Waals surface area contributed by atoms with Crippen LogP contribution in [0.1, 0.15) is 45.1 Å². The van der Waals surface area contributed by atoms with Gasteiger partial charge in [-0.25, -0.2) is 4.99 Å². The van der Waals surface area contributed by atoms with Crippen LogP contribution in [0, 0.1) is 24.5 Å². The first-order valence-corrected chi connectivity index (χ1v) is 7.04. The molecule has 2 heteroatoms. The Kier molecular flexibility index (Phi) is 4.49. The van der Waals surface area contributed by atoms with Crippen molar-refractivity contribution in [2.75, 3.05) is 5.32 Å². The van der Waals surface area contributed by atoms with Crippen LogP contribution >= 0.6 is 0 Å². The molecule has 0 radical (unpaired) electrons. The Morgan fingerprint density at radius 3 is 2.90 bits per heavy atom. The molecule has 0 bridgehead atoms. The Labute approximate surface area is 122 Å². The van der Waals surface area contributed by atoms with E-state index in [2.05, 4.69) is 35.3 Å². The van der Waals surface area contributed by atoms with E-state index in [9.17, 15) is 0 Å². The van der Waals surface area contributed by atoms with Crippen LogP contribution in [-0.4, -0.2) is 11.8 Å². The Bertz CT molecular complexity index is 575. The van der Waals surface area contributed by atoms with Gasteiger partial charge >= 0.3 is 0 Å². The van der Waals surface area contributed by atoms with Gasteiger partial charge in [0.05, 0.1) is 5.71 Å². The topological polar surface area (TPSA) is 24.4 Å². The summed E-state index contributed by atoms with van der Waals surface area (Å²) in [5.41, 5.74) is 4.23. The van der Waals surface area contributed by atoms with Crippen LogP contribution in [-0.2, 0) is 0 Å². The van der Waals surface area contributed by atoms with Crippen molar-refractivity contribution in [1.82, 2.24) is 0 Å². The number of aliphatic imine (C=N–C) groups is 1. The summed E-state index contributed by atoms with van der Waals surface area (Å²) < 4.78 is 0. The number of hydrogen-bond acceptors (Lipinski definition) is 2. The predicted molar refractivity (Wildman–Crippen MR) is 84.9 cm³/mol. The van der Waals surface area contributed by atoms with Crippen molar-refractivity contribution in [3.05, 3.63) is 41.6 Å². The zero-order chi connectivity index (χ0) is 14.5. The van der Waals surface area contributed by atoms with E-state index in [4.69, 9.17) is 6.42 Å². The standard InChI is InChI=1S/C18H20N2/c1-5-13(4)19-14(6-2)12-18-15(7-3)16-10-8-9-11-17(16)20-18/h2,5,10-11,15,18,20H,7,12H2,1,3-4H3/b13-5-,19-14+.